The van der Waals surface area contributed by atoms with Crippen LogP contribution in [0.25, 0.3) is 28.7 Å². The fourth-order valence-electron chi connectivity index (χ4n) is 3.26. The maximum atomic E-state index is 13.4. The number of carboxylic acid groups (broad SMARTS) is 1. The van der Waals surface area contributed by atoms with Crippen molar-refractivity contribution in [2.75, 3.05) is 0 Å². The van der Waals surface area contributed by atoms with Crippen molar-refractivity contribution in [2.45, 2.75) is 0 Å². The fraction of sp³-hybridized carbons (Fsp3) is 0. The van der Waals surface area contributed by atoms with E-state index in [9.17, 15) is 19.7 Å². The molecule has 0 aliphatic carbocycles. The maximum Gasteiger partial charge on any atom is 0.335 e. The molecule has 0 radical (unpaired) electrons. The summed E-state index contributed by atoms with van der Waals surface area (Å²) >= 11 is 12.4. The van der Waals surface area contributed by atoms with Crippen molar-refractivity contribution in [1.82, 2.24) is 9.55 Å². The summed E-state index contributed by atoms with van der Waals surface area (Å²) in [5.41, 5.74) is 0.639. The quantitative estimate of drug-likeness (QED) is 0.298. The normalized spacial score (nSPS) is 11.2. The van der Waals surface area contributed by atoms with Gasteiger partial charge in [0.1, 0.15) is 5.82 Å². The molecule has 1 N–H and O–H groups in total. The van der Waals surface area contributed by atoms with Gasteiger partial charge in [-0.2, -0.15) is 0 Å². The Morgan fingerprint density at radius 1 is 1.06 bits per heavy atom. The van der Waals surface area contributed by atoms with Crippen molar-refractivity contribution in [3.8, 4) is 5.69 Å². The Hall–Kier alpha value is -4.01. The Morgan fingerprint density at radius 2 is 1.79 bits per heavy atom. The van der Waals surface area contributed by atoms with Crippen molar-refractivity contribution in [3.05, 3.63) is 108 Å². The van der Waals surface area contributed by atoms with Crippen LogP contribution in [-0.4, -0.2) is 25.6 Å². The number of carboxylic acids is 1. The first-order valence-corrected chi connectivity index (χ1v) is 10.2. The van der Waals surface area contributed by atoms with Crippen LogP contribution in [0.3, 0.4) is 0 Å². The van der Waals surface area contributed by atoms with Gasteiger partial charge >= 0.3 is 5.97 Å². The maximum absolute atomic E-state index is 13.4. The number of rotatable bonds is 5. The molecule has 0 spiro atoms. The highest BCUT2D eigenvalue weighted by Crippen LogP contribution is 2.26. The van der Waals surface area contributed by atoms with Gasteiger partial charge in [0.05, 0.1) is 32.1 Å². The van der Waals surface area contributed by atoms with E-state index in [4.69, 9.17) is 28.3 Å². The molecule has 3 aromatic carbocycles. The van der Waals surface area contributed by atoms with Crippen LogP contribution in [0.5, 0.6) is 0 Å². The van der Waals surface area contributed by atoms with Crippen LogP contribution in [0.4, 0.5) is 5.69 Å². The Labute approximate surface area is 196 Å². The molecule has 8 nitrogen and oxygen atoms in total. The lowest BCUT2D eigenvalue weighted by atomic mass is 10.1. The standard InChI is InChI=1S/C23H13Cl2N3O5/c24-15-11-18-21(19(25)12-15)26-20(9-4-13-2-1-3-17(10-13)28(32)33)27(22(18)29)16-7-5-14(6-8-16)23(30)31/h1-12H,(H,30,31)/b9-4+. The van der Waals surface area contributed by atoms with Gasteiger partial charge in [-0.25, -0.2) is 9.78 Å². The number of nitrogens with zero attached hydrogens (tertiary/aromatic N) is 3. The smallest absolute Gasteiger partial charge is 0.335 e. The average Bonchev–Trinajstić information content (AvgIpc) is 2.78. The van der Waals surface area contributed by atoms with Gasteiger partial charge in [0.15, 0.2) is 0 Å². The molecule has 0 aliphatic rings. The number of hydrogen-bond donors (Lipinski definition) is 1. The van der Waals surface area contributed by atoms with Gasteiger partial charge in [0.2, 0.25) is 0 Å². The summed E-state index contributed by atoms with van der Waals surface area (Å²) in [7, 11) is 0. The molecule has 0 fully saturated rings. The van der Waals surface area contributed by atoms with Gasteiger partial charge in [0.25, 0.3) is 11.2 Å². The van der Waals surface area contributed by atoms with Gasteiger partial charge in [-0.1, -0.05) is 41.4 Å². The third-order valence-electron chi connectivity index (χ3n) is 4.80. The van der Waals surface area contributed by atoms with Crippen molar-refractivity contribution >= 4 is 57.9 Å². The number of carbonyl (C=O) groups is 1. The molecule has 0 saturated carbocycles. The summed E-state index contributed by atoms with van der Waals surface area (Å²) in [5, 5.41) is 20.8. The van der Waals surface area contributed by atoms with Crippen LogP contribution >= 0.6 is 23.2 Å². The number of fused-ring (bicyclic) bond motifs is 1. The SMILES string of the molecule is O=C(O)c1ccc(-n2c(/C=C/c3cccc([N+](=O)[O-])c3)nc3c(Cl)cc(Cl)cc3c2=O)cc1. The van der Waals surface area contributed by atoms with Gasteiger partial charge in [0, 0.05) is 17.2 Å². The predicted molar refractivity (Wildman–Crippen MR) is 126 cm³/mol. The molecule has 10 heteroatoms. The van der Waals surface area contributed by atoms with E-state index in [2.05, 4.69) is 4.98 Å². The topological polar surface area (TPSA) is 115 Å². The summed E-state index contributed by atoms with van der Waals surface area (Å²) in [6.45, 7) is 0. The van der Waals surface area contributed by atoms with Gasteiger partial charge in [-0.05, 0) is 48.0 Å². The van der Waals surface area contributed by atoms with Crippen molar-refractivity contribution in [1.29, 1.82) is 0 Å². The van der Waals surface area contributed by atoms with E-state index in [1.54, 1.807) is 18.2 Å². The van der Waals surface area contributed by atoms with Crippen molar-refractivity contribution < 1.29 is 14.8 Å². The van der Waals surface area contributed by atoms with E-state index in [1.165, 1.54) is 59.2 Å². The Kier molecular flexibility index (Phi) is 5.95. The highest BCUT2D eigenvalue weighted by Gasteiger charge is 2.15. The number of halogens is 2. The molecular weight excluding hydrogens is 469 g/mol. The second kappa shape index (κ2) is 8.85. The molecule has 4 rings (SSSR count). The van der Waals surface area contributed by atoms with Crippen molar-refractivity contribution in [3.63, 3.8) is 0 Å². The molecule has 1 heterocycles. The molecule has 4 aromatic rings. The summed E-state index contributed by atoms with van der Waals surface area (Å²) < 4.78 is 1.29. The Bertz CT molecular complexity index is 1510. The number of aromatic carboxylic acids is 1. The van der Waals surface area contributed by atoms with E-state index in [0.717, 1.165) is 0 Å². The zero-order valence-corrected chi connectivity index (χ0v) is 18.1. The minimum atomic E-state index is -1.10. The van der Waals surface area contributed by atoms with Crippen LogP contribution in [0, 0.1) is 10.1 Å². The van der Waals surface area contributed by atoms with E-state index >= 15 is 0 Å². The number of hydrogen-bond acceptors (Lipinski definition) is 5. The van der Waals surface area contributed by atoms with Crippen LogP contribution in [0.1, 0.15) is 21.7 Å². The Morgan fingerprint density at radius 3 is 2.45 bits per heavy atom. The van der Waals surface area contributed by atoms with Gasteiger partial charge in [-0.15, -0.1) is 0 Å². The predicted octanol–water partition coefficient (Wildman–Crippen LogP) is 5.47. The molecular formula is C23H13Cl2N3O5. The summed E-state index contributed by atoms with van der Waals surface area (Å²) in [6.07, 6.45) is 3.10. The number of benzene rings is 3. The van der Waals surface area contributed by atoms with Crippen LogP contribution in [0.15, 0.2) is 65.5 Å². The minimum Gasteiger partial charge on any atom is -0.478 e. The molecule has 0 amide bonds. The van der Waals surface area contributed by atoms with Crippen LogP contribution < -0.4 is 5.56 Å². The molecule has 0 aliphatic heterocycles. The van der Waals surface area contributed by atoms with Gasteiger partial charge in [-0.3, -0.25) is 19.5 Å². The monoisotopic (exact) mass is 481 g/mol. The molecule has 0 saturated heterocycles. The fourth-order valence-corrected chi connectivity index (χ4v) is 3.79. The number of nitro groups is 1. The Balaban J connectivity index is 1.94. The van der Waals surface area contributed by atoms with E-state index in [1.807, 2.05) is 0 Å². The summed E-state index contributed by atoms with van der Waals surface area (Å²) in [6, 6.07) is 14.6. The van der Waals surface area contributed by atoms with E-state index < -0.39 is 16.5 Å². The third kappa shape index (κ3) is 4.48. The number of non-ortho nitro benzene ring substituents is 1. The second-order valence-corrected chi connectivity index (χ2v) is 7.78. The third-order valence-corrected chi connectivity index (χ3v) is 5.30. The first-order chi connectivity index (χ1) is 15.7. The lowest BCUT2D eigenvalue weighted by Gasteiger charge is -2.12. The molecule has 0 unspecified atom stereocenters. The molecule has 1 aromatic heterocycles. The highest BCUT2D eigenvalue weighted by atomic mass is 35.5. The second-order valence-electron chi connectivity index (χ2n) is 6.93. The lowest BCUT2D eigenvalue weighted by molar-refractivity contribution is -0.384. The zero-order valence-electron chi connectivity index (χ0n) is 16.6. The highest BCUT2D eigenvalue weighted by molar-refractivity contribution is 6.38. The van der Waals surface area contributed by atoms with Crippen LogP contribution in [0.2, 0.25) is 10.0 Å². The molecule has 164 valence electrons. The summed E-state index contributed by atoms with van der Waals surface area (Å²) in [4.78, 5) is 39.7. The van der Waals surface area contributed by atoms with Gasteiger partial charge < -0.3 is 5.11 Å². The number of nitro benzene ring substituents is 1. The molecule has 0 bridgehead atoms. The van der Waals surface area contributed by atoms with E-state index in [0.29, 0.717) is 11.3 Å². The largest absolute Gasteiger partial charge is 0.478 e. The zero-order chi connectivity index (χ0) is 23.7. The van der Waals surface area contributed by atoms with Crippen molar-refractivity contribution in [2.24, 2.45) is 0 Å². The average molecular weight is 482 g/mol. The number of aromatic nitrogens is 2. The summed E-state index contributed by atoms with van der Waals surface area (Å²) in [5.74, 6) is -0.916. The minimum absolute atomic E-state index is 0.0559. The van der Waals surface area contributed by atoms with E-state index in [-0.39, 0.29) is 38.0 Å². The first kappa shape index (κ1) is 22.2. The molecule has 33 heavy (non-hydrogen) atoms. The lowest BCUT2D eigenvalue weighted by Crippen LogP contribution is -2.22. The first-order valence-electron chi connectivity index (χ1n) is 9.42. The van der Waals surface area contributed by atoms with Crippen LogP contribution in [-0.2, 0) is 0 Å². The molecule has 0 atom stereocenters.